The van der Waals surface area contributed by atoms with Crippen LogP contribution in [-0.2, 0) is 6.42 Å². The summed E-state index contributed by atoms with van der Waals surface area (Å²) >= 11 is 0. The molecule has 1 aliphatic rings. The molecule has 4 rings (SSSR count). The van der Waals surface area contributed by atoms with Gasteiger partial charge in [-0.3, -0.25) is 4.79 Å². The zero-order valence-electron chi connectivity index (χ0n) is 16.8. The average Bonchev–Trinajstić information content (AvgIpc) is 2.74. The van der Waals surface area contributed by atoms with Crippen molar-refractivity contribution < 1.29 is 9.53 Å². The fourth-order valence-electron chi connectivity index (χ4n) is 3.56. The number of carbonyl (C=O) groups is 1. The van der Waals surface area contributed by atoms with E-state index in [9.17, 15) is 4.79 Å². The summed E-state index contributed by atoms with van der Waals surface area (Å²) < 4.78 is 5.85. The van der Waals surface area contributed by atoms with Crippen LogP contribution in [0.15, 0.2) is 66.9 Å². The summed E-state index contributed by atoms with van der Waals surface area (Å²) in [6.45, 7) is 4.71. The van der Waals surface area contributed by atoms with Crippen LogP contribution in [0.2, 0.25) is 0 Å². The average molecular weight is 387 g/mol. The van der Waals surface area contributed by atoms with Crippen molar-refractivity contribution >= 4 is 23.0 Å². The van der Waals surface area contributed by atoms with E-state index in [0.717, 1.165) is 42.2 Å². The van der Waals surface area contributed by atoms with Crippen LogP contribution in [0, 0.1) is 0 Å². The lowest BCUT2D eigenvalue weighted by Crippen LogP contribution is -2.35. The van der Waals surface area contributed by atoms with Gasteiger partial charge in [-0.05, 0) is 62.6 Å². The van der Waals surface area contributed by atoms with Gasteiger partial charge in [-0.2, -0.15) is 0 Å². The number of hydrogen-bond donors (Lipinski definition) is 1. The van der Waals surface area contributed by atoms with Gasteiger partial charge in [0.25, 0.3) is 5.91 Å². The number of aryl methyl sites for hydroxylation is 1. The quantitative estimate of drug-likeness (QED) is 0.653. The van der Waals surface area contributed by atoms with Crippen molar-refractivity contribution in [2.75, 3.05) is 16.8 Å². The molecule has 1 aromatic heterocycles. The molecule has 2 aromatic carbocycles. The molecule has 0 aliphatic carbocycles. The van der Waals surface area contributed by atoms with Crippen LogP contribution < -0.4 is 15.0 Å². The molecule has 3 aromatic rings. The Morgan fingerprint density at radius 2 is 1.86 bits per heavy atom. The first-order valence-corrected chi connectivity index (χ1v) is 10.0. The van der Waals surface area contributed by atoms with Crippen molar-refractivity contribution in [2.45, 2.75) is 32.8 Å². The van der Waals surface area contributed by atoms with Gasteiger partial charge in [0.1, 0.15) is 11.4 Å². The van der Waals surface area contributed by atoms with Gasteiger partial charge in [-0.25, -0.2) is 4.98 Å². The second kappa shape index (κ2) is 8.35. The number of hydrogen-bond acceptors (Lipinski definition) is 4. The Bertz CT molecular complexity index is 999. The maximum atomic E-state index is 13.0. The van der Waals surface area contributed by atoms with E-state index in [2.05, 4.69) is 16.4 Å². The maximum Gasteiger partial charge on any atom is 0.276 e. The van der Waals surface area contributed by atoms with Crippen molar-refractivity contribution in [3.05, 3.63) is 78.1 Å². The highest BCUT2D eigenvalue weighted by Crippen LogP contribution is 2.29. The SMILES string of the molecule is CC(C)Oc1ccccc1Nc1ccc(C(=O)N2CCCc3ccccc32)nc1. The summed E-state index contributed by atoms with van der Waals surface area (Å²) in [5.74, 6) is 0.722. The maximum absolute atomic E-state index is 13.0. The Hall–Kier alpha value is -3.34. The Labute approximate surface area is 171 Å². The molecule has 0 spiro atoms. The van der Waals surface area contributed by atoms with E-state index in [-0.39, 0.29) is 12.0 Å². The minimum Gasteiger partial charge on any atom is -0.489 e. The Balaban J connectivity index is 1.51. The predicted molar refractivity (Wildman–Crippen MR) is 116 cm³/mol. The summed E-state index contributed by atoms with van der Waals surface area (Å²) in [4.78, 5) is 19.3. The van der Waals surface area contributed by atoms with Gasteiger partial charge in [-0.1, -0.05) is 30.3 Å². The minimum atomic E-state index is -0.0627. The number of amides is 1. The predicted octanol–water partition coefficient (Wildman–Crippen LogP) is 5.21. The van der Waals surface area contributed by atoms with Gasteiger partial charge >= 0.3 is 0 Å². The largest absolute Gasteiger partial charge is 0.489 e. The standard InChI is InChI=1S/C24H25N3O2/c1-17(2)29-23-12-6-4-10-20(23)26-19-13-14-21(25-16-19)24(28)27-15-7-9-18-8-3-5-11-22(18)27/h3-6,8,10-14,16-17,26H,7,9,15H2,1-2H3. The smallest absolute Gasteiger partial charge is 0.276 e. The molecule has 5 nitrogen and oxygen atoms in total. The number of benzene rings is 2. The first-order valence-electron chi connectivity index (χ1n) is 10.0. The van der Waals surface area contributed by atoms with E-state index in [1.807, 2.05) is 67.3 Å². The molecule has 0 saturated carbocycles. The molecule has 0 fully saturated rings. The highest BCUT2D eigenvalue weighted by atomic mass is 16.5. The van der Waals surface area contributed by atoms with Crippen LogP contribution in [-0.4, -0.2) is 23.5 Å². The van der Waals surface area contributed by atoms with Crippen LogP contribution >= 0.6 is 0 Å². The van der Waals surface area contributed by atoms with E-state index in [4.69, 9.17) is 4.74 Å². The number of anilines is 3. The number of pyridine rings is 1. The summed E-state index contributed by atoms with van der Waals surface area (Å²) in [6, 6.07) is 19.5. The van der Waals surface area contributed by atoms with Crippen molar-refractivity contribution in [2.24, 2.45) is 0 Å². The number of ether oxygens (including phenoxy) is 1. The third-order valence-electron chi connectivity index (χ3n) is 4.87. The van der Waals surface area contributed by atoms with E-state index >= 15 is 0 Å². The van der Waals surface area contributed by atoms with Crippen LogP contribution in [0.5, 0.6) is 5.75 Å². The number of carbonyl (C=O) groups excluding carboxylic acids is 1. The monoisotopic (exact) mass is 387 g/mol. The first-order chi connectivity index (χ1) is 14.1. The fraction of sp³-hybridized carbons (Fsp3) is 0.250. The summed E-state index contributed by atoms with van der Waals surface area (Å²) in [5.41, 5.74) is 4.33. The summed E-state index contributed by atoms with van der Waals surface area (Å²) in [7, 11) is 0. The van der Waals surface area contributed by atoms with Crippen molar-refractivity contribution in [1.82, 2.24) is 4.98 Å². The lowest BCUT2D eigenvalue weighted by molar-refractivity contribution is 0.0980. The molecule has 148 valence electrons. The van der Waals surface area contributed by atoms with E-state index < -0.39 is 0 Å². The van der Waals surface area contributed by atoms with Crippen molar-refractivity contribution in [1.29, 1.82) is 0 Å². The van der Waals surface area contributed by atoms with Crippen LogP contribution in [0.25, 0.3) is 0 Å². The lowest BCUT2D eigenvalue weighted by atomic mass is 10.0. The molecule has 0 saturated heterocycles. The first kappa shape index (κ1) is 19.0. The summed E-state index contributed by atoms with van der Waals surface area (Å²) in [5, 5.41) is 3.33. The Morgan fingerprint density at radius 3 is 2.66 bits per heavy atom. The molecule has 0 bridgehead atoms. The molecule has 0 radical (unpaired) electrons. The lowest BCUT2D eigenvalue weighted by Gasteiger charge is -2.29. The Kier molecular flexibility index (Phi) is 5.47. The fourth-order valence-corrected chi connectivity index (χ4v) is 3.56. The molecular weight excluding hydrogens is 362 g/mol. The molecule has 0 unspecified atom stereocenters. The van der Waals surface area contributed by atoms with Gasteiger partial charge in [0.15, 0.2) is 0 Å². The van der Waals surface area contributed by atoms with Gasteiger partial charge < -0.3 is 15.0 Å². The van der Waals surface area contributed by atoms with Gasteiger partial charge in [0.2, 0.25) is 0 Å². The number of nitrogens with zero attached hydrogens (tertiary/aromatic N) is 2. The highest BCUT2D eigenvalue weighted by Gasteiger charge is 2.24. The second-order valence-corrected chi connectivity index (χ2v) is 7.41. The molecule has 29 heavy (non-hydrogen) atoms. The van der Waals surface area contributed by atoms with Crippen LogP contribution in [0.1, 0.15) is 36.3 Å². The second-order valence-electron chi connectivity index (χ2n) is 7.41. The third kappa shape index (κ3) is 4.24. The summed E-state index contributed by atoms with van der Waals surface area (Å²) in [6.07, 6.45) is 3.75. The van der Waals surface area contributed by atoms with E-state index in [1.165, 1.54) is 5.56 Å². The number of nitrogens with one attached hydrogen (secondary N) is 1. The van der Waals surface area contributed by atoms with Gasteiger partial charge in [-0.15, -0.1) is 0 Å². The highest BCUT2D eigenvalue weighted by molar-refractivity contribution is 6.05. The molecular formula is C24H25N3O2. The molecule has 0 atom stereocenters. The van der Waals surface area contributed by atoms with E-state index in [0.29, 0.717) is 5.69 Å². The minimum absolute atomic E-state index is 0.0627. The normalized spacial score (nSPS) is 13.1. The molecule has 5 heteroatoms. The van der Waals surface area contributed by atoms with Gasteiger partial charge in [0.05, 0.1) is 23.7 Å². The number of para-hydroxylation sites is 3. The molecule has 2 heterocycles. The zero-order chi connectivity index (χ0) is 20.2. The zero-order valence-corrected chi connectivity index (χ0v) is 16.8. The van der Waals surface area contributed by atoms with E-state index in [1.54, 1.807) is 12.3 Å². The molecule has 1 N–H and O–H groups in total. The number of aromatic nitrogens is 1. The number of rotatable bonds is 5. The van der Waals surface area contributed by atoms with Crippen molar-refractivity contribution in [3.63, 3.8) is 0 Å². The molecule has 1 amide bonds. The topological polar surface area (TPSA) is 54.5 Å². The molecule has 1 aliphatic heterocycles. The van der Waals surface area contributed by atoms with Crippen LogP contribution in [0.4, 0.5) is 17.1 Å². The Morgan fingerprint density at radius 1 is 1.07 bits per heavy atom. The van der Waals surface area contributed by atoms with Crippen LogP contribution in [0.3, 0.4) is 0 Å². The van der Waals surface area contributed by atoms with Gasteiger partial charge in [0, 0.05) is 12.2 Å². The number of fused-ring (bicyclic) bond motifs is 1. The third-order valence-corrected chi connectivity index (χ3v) is 4.87. The van der Waals surface area contributed by atoms with Crippen molar-refractivity contribution in [3.8, 4) is 5.75 Å².